The van der Waals surface area contributed by atoms with Crippen molar-refractivity contribution in [2.45, 2.75) is 31.9 Å². The fourth-order valence-corrected chi connectivity index (χ4v) is 2.72. The van der Waals surface area contributed by atoms with Gasteiger partial charge in [0.25, 0.3) is 10.1 Å². The van der Waals surface area contributed by atoms with Crippen molar-refractivity contribution >= 4 is 32.8 Å². The maximum Gasteiger partial charge on any atom is 0.275 e. The van der Waals surface area contributed by atoms with Gasteiger partial charge in [0.15, 0.2) is 10.9 Å². The van der Waals surface area contributed by atoms with Crippen molar-refractivity contribution in [1.82, 2.24) is 0 Å². The van der Waals surface area contributed by atoms with Gasteiger partial charge in [-0.15, -0.1) is 0 Å². The van der Waals surface area contributed by atoms with Crippen molar-refractivity contribution in [1.29, 1.82) is 0 Å². The molecule has 0 rings (SSSR count). The molecule has 0 radical (unpaired) electrons. The average molecular weight is 254 g/mol. The van der Waals surface area contributed by atoms with Crippen molar-refractivity contribution in [3.05, 3.63) is 0 Å². The molecule has 0 spiro atoms. The molecule has 0 bridgehead atoms. The monoisotopic (exact) mass is 254 g/mol. The number of Topliss-reactive ketones (excluding diaryl/α,β-unsaturated/α-hetero) is 1. The molecule has 0 aliphatic rings. The van der Waals surface area contributed by atoms with Crippen LogP contribution in [0.15, 0.2) is 0 Å². The van der Waals surface area contributed by atoms with E-state index in [0.717, 1.165) is 11.8 Å². The minimum absolute atomic E-state index is 0.0320. The van der Waals surface area contributed by atoms with Crippen molar-refractivity contribution in [2.24, 2.45) is 0 Å². The summed E-state index contributed by atoms with van der Waals surface area (Å²) in [6.07, 6.45) is 0.0188. The number of thioether (sulfide) groups is 1. The maximum absolute atomic E-state index is 11.2. The quantitative estimate of drug-likeness (QED) is 0.708. The second kappa shape index (κ2) is 6.24. The van der Waals surface area contributed by atoms with Gasteiger partial charge in [-0.2, -0.15) is 8.42 Å². The minimum Gasteiger partial charge on any atom is -0.298 e. The van der Waals surface area contributed by atoms with Crippen LogP contribution in [-0.2, 0) is 19.7 Å². The van der Waals surface area contributed by atoms with Gasteiger partial charge in [0.1, 0.15) is 5.25 Å². The van der Waals surface area contributed by atoms with Gasteiger partial charge in [-0.25, -0.2) is 0 Å². The molecular formula is C8H14O5S2. The summed E-state index contributed by atoms with van der Waals surface area (Å²) in [6, 6.07) is 0. The highest BCUT2D eigenvalue weighted by Crippen LogP contribution is 2.13. The number of hydrogen-bond donors (Lipinski definition) is 1. The second-order valence-corrected chi connectivity index (χ2v) is 5.82. The zero-order valence-corrected chi connectivity index (χ0v) is 10.2. The zero-order valence-electron chi connectivity index (χ0n) is 8.60. The Hall–Kier alpha value is -0.400. The van der Waals surface area contributed by atoms with Crippen molar-refractivity contribution in [3.8, 4) is 0 Å². The molecule has 0 aliphatic carbocycles. The van der Waals surface area contributed by atoms with Crippen LogP contribution >= 0.6 is 11.8 Å². The van der Waals surface area contributed by atoms with Gasteiger partial charge >= 0.3 is 0 Å². The van der Waals surface area contributed by atoms with E-state index in [9.17, 15) is 18.0 Å². The predicted molar refractivity (Wildman–Crippen MR) is 58.4 cm³/mol. The van der Waals surface area contributed by atoms with Crippen molar-refractivity contribution < 1.29 is 22.6 Å². The summed E-state index contributed by atoms with van der Waals surface area (Å²) in [5.74, 6) is -0.312. The molecular weight excluding hydrogens is 240 g/mol. The molecule has 1 unspecified atom stereocenters. The highest BCUT2D eigenvalue weighted by molar-refractivity contribution is 8.13. The topological polar surface area (TPSA) is 88.5 Å². The predicted octanol–water partition coefficient (Wildman–Crippen LogP) is 0.892. The maximum atomic E-state index is 11.2. The second-order valence-electron chi connectivity index (χ2n) is 2.95. The van der Waals surface area contributed by atoms with E-state index in [1.165, 1.54) is 13.8 Å². The van der Waals surface area contributed by atoms with Gasteiger partial charge in [-0.1, -0.05) is 18.7 Å². The number of carbonyl (C=O) groups excluding carboxylic acids is 2. The standard InChI is InChI=1S/C8H14O5S2/c1-3-7(10)8(15(11,12)13)4-5-14-6(2)9/h8H,3-5H2,1-2H3,(H,11,12,13). The lowest BCUT2D eigenvalue weighted by molar-refractivity contribution is -0.118. The molecule has 15 heavy (non-hydrogen) atoms. The van der Waals surface area contributed by atoms with Crippen molar-refractivity contribution in [3.63, 3.8) is 0 Å². The summed E-state index contributed by atoms with van der Waals surface area (Å²) in [6.45, 7) is 2.88. The van der Waals surface area contributed by atoms with Gasteiger partial charge in [0, 0.05) is 19.1 Å². The fraction of sp³-hybridized carbons (Fsp3) is 0.750. The summed E-state index contributed by atoms with van der Waals surface area (Å²) in [5, 5.41) is -1.54. The molecule has 1 atom stereocenters. The van der Waals surface area contributed by atoms with E-state index in [-0.39, 0.29) is 23.7 Å². The van der Waals surface area contributed by atoms with Crippen LogP contribution < -0.4 is 0 Å². The molecule has 0 aromatic carbocycles. The van der Waals surface area contributed by atoms with E-state index in [4.69, 9.17) is 4.55 Å². The van der Waals surface area contributed by atoms with E-state index in [2.05, 4.69) is 0 Å². The molecule has 0 aromatic heterocycles. The van der Waals surface area contributed by atoms with Crippen LogP contribution in [0, 0.1) is 0 Å². The molecule has 7 heteroatoms. The zero-order chi connectivity index (χ0) is 12.1. The Morgan fingerprint density at radius 1 is 1.40 bits per heavy atom. The molecule has 0 aromatic rings. The number of hydrogen-bond acceptors (Lipinski definition) is 5. The van der Waals surface area contributed by atoms with Crippen LogP contribution in [0.2, 0.25) is 0 Å². The Morgan fingerprint density at radius 2 is 1.93 bits per heavy atom. The van der Waals surface area contributed by atoms with Gasteiger partial charge in [-0.3, -0.25) is 14.1 Å². The Balaban J connectivity index is 4.41. The SMILES string of the molecule is CCC(=O)C(CCSC(C)=O)S(=O)(=O)O. The van der Waals surface area contributed by atoms with E-state index in [1.54, 1.807) is 0 Å². The van der Waals surface area contributed by atoms with Crippen LogP contribution in [0.4, 0.5) is 0 Å². The normalized spacial score (nSPS) is 13.5. The van der Waals surface area contributed by atoms with E-state index >= 15 is 0 Å². The van der Waals surface area contributed by atoms with E-state index in [0.29, 0.717) is 0 Å². The van der Waals surface area contributed by atoms with Crippen molar-refractivity contribution in [2.75, 3.05) is 5.75 Å². The minimum atomic E-state index is -4.35. The molecule has 5 nitrogen and oxygen atoms in total. The summed E-state index contributed by atoms with van der Waals surface area (Å²) in [7, 11) is -4.35. The molecule has 0 fully saturated rings. The third kappa shape index (κ3) is 5.91. The molecule has 0 aliphatic heterocycles. The summed E-state index contributed by atoms with van der Waals surface area (Å²) in [4.78, 5) is 21.8. The molecule has 1 N–H and O–H groups in total. The Kier molecular flexibility index (Phi) is 6.07. The summed E-state index contributed by atoms with van der Waals surface area (Å²) in [5.41, 5.74) is 0. The van der Waals surface area contributed by atoms with E-state index < -0.39 is 21.2 Å². The first-order chi connectivity index (χ1) is 6.79. The lowest BCUT2D eigenvalue weighted by Gasteiger charge is -2.10. The fourth-order valence-electron chi connectivity index (χ4n) is 1.01. The number of ketones is 1. The number of rotatable bonds is 6. The largest absolute Gasteiger partial charge is 0.298 e. The molecule has 0 saturated carbocycles. The molecule has 0 saturated heterocycles. The highest BCUT2D eigenvalue weighted by Gasteiger charge is 2.28. The Labute approximate surface area is 93.4 Å². The summed E-state index contributed by atoms with van der Waals surface area (Å²) < 4.78 is 30.5. The van der Waals surface area contributed by atoms with Crippen LogP contribution in [0.3, 0.4) is 0 Å². The Bertz CT molecular complexity index is 333. The molecule has 0 heterocycles. The smallest absolute Gasteiger partial charge is 0.275 e. The third-order valence-electron chi connectivity index (χ3n) is 1.75. The first-order valence-electron chi connectivity index (χ1n) is 4.41. The third-order valence-corrected chi connectivity index (χ3v) is 3.82. The van der Waals surface area contributed by atoms with Crippen LogP contribution in [0.1, 0.15) is 26.7 Å². The van der Waals surface area contributed by atoms with Gasteiger partial charge in [-0.05, 0) is 6.42 Å². The van der Waals surface area contributed by atoms with Crippen LogP contribution in [0.25, 0.3) is 0 Å². The van der Waals surface area contributed by atoms with Gasteiger partial charge in [0.2, 0.25) is 0 Å². The number of carbonyl (C=O) groups is 2. The first-order valence-corrected chi connectivity index (χ1v) is 6.90. The molecule has 88 valence electrons. The van der Waals surface area contributed by atoms with E-state index in [1.807, 2.05) is 0 Å². The van der Waals surface area contributed by atoms with Crippen LogP contribution in [-0.4, -0.2) is 34.9 Å². The van der Waals surface area contributed by atoms with Gasteiger partial charge in [0.05, 0.1) is 0 Å². The average Bonchev–Trinajstić information content (AvgIpc) is 2.09. The lowest BCUT2D eigenvalue weighted by Crippen LogP contribution is -2.30. The molecule has 0 amide bonds. The first kappa shape index (κ1) is 14.6. The van der Waals surface area contributed by atoms with Crippen LogP contribution in [0.5, 0.6) is 0 Å². The summed E-state index contributed by atoms with van der Waals surface area (Å²) >= 11 is 0.937. The highest BCUT2D eigenvalue weighted by atomic mass is 32.2. The van der Waals surface area contributed by atoms with Gasteiger partial charge < -0.3 is 0 Å². The lowest BCUT2D eigenvalue weighted by atomic mass is 10.2. The Morgan fingerprint density at radius 3 is 2.27 bits per heavy atom.